The van der Waals surface area contributed by atoms with Crippen molar-refractivity contribution in [2.24, 2.45) is 29.6 Å². The number of nitrogens with zero attached hydrogens (tertiary/aromatic N) is 2. The van der Waals surface area contributed by atoms with Crippen LogP contribution in [0.1, 0.15) is 60.9 Å². The fourth-order valence-corrected chi connectivity index (χ4v) is 9.34. The van der Waals surface area contributed by atoms with Crippen molar-refractivity contribution in [1.29, 1.82) is 0 Å². The Kier molecular flexibility index (Phi) is 8.03. The summed E-state index contributed by atoms with van der Waals surface area (Å²) in [5.41, 5.74) is 0.316. The van der Waals surface area contributed by atoms with Gasteiger partial charge in [0.25, 0.3) is 0 Å². The van der Waals surface area contributed by atoms with Crippen LogP contribution < -0.4 is 0 Å². The van der Waals surface area contributed by atoms with Crippen LogP contribution in [0.4, 0.5) is 0 Å². The average Bonchev–Trinajstić information content (AvgIpc) is 3.47. The molecule has 5 rings (SSSR count). The SMILES string of the molecule is CO[C@H]1C[C@H]2C=C[C@@H]3[C@H]4[C@H](O)[C@@H](C)C(n5ccnc5)[C@@H]3O[C@]42/C(C)=C/[C@@H](C)[C@@H]([C@@H](C)O[Si](C)(C)C(C)(C)C)OC1=O. The summed E-state index contributed by atoms with van der Waals surface area (Å²) >= 11 is 0. The van der Waals surface area contributed by atoms with Gasteiger partial charge in [0.05, 0.1) is 30.7 Å². The fraction of sp³-hybridized carbons (Fsp3) is 0.750. The Balaban J connectivity index is 1.58. The number of cyclic esters (lactones) is 1. The van der Waals surface area contributed by atoms with Crippen molar-refractivity contribution in [3.63, 3.8) is 0 Å². The van der Waals surface area contributed by atoms with Gasteiger partial charge in [0, 0.05) is 49.1 Å². The van der Waals surface area contributed by atoms with Crippen LogP contribution in [0, 0.1) is 29.6 Å². The Morgan fingerprint density at radius 1 is 1.24 bits per heavy atom. The van der Waals surface area contributed by atoms with Crippen LogP contribution in [0.15, 0.2) is 42.5 Å². The molecule has 4 bridgehead atoms. The van der Waals surface area contributed by atoms with Crippen LogP contribution in [0.2, 0.25) is 18.1 Å². The van der Waals surface area contributed by atoms with Crippen molar-refractivity contribution in [3.8, 4) is 0 Å². The van der Waals surface area contributed by atoms with Crippen LogP contribution in [0.5, 0.6) is 0 Å². The summed E-state index contributed by atoms with van der Waals surface area (Å²) in [4.78, 5) is 18.0. The summed E-state index contributed by atoms with van der Waals surface area (Å²) in [7, 11) is -0.561. The van der Waals surface area contributed by atoms with Crippen molar-refractivity contribution in [2.45, 2.75) is 115 Å². The summed E-state index contributed by atoms with van der Waals surface area (Å²) < 4.78 is 28.1. The van der Waals surface area contributed by atoms with Gasteiger partial charge >= 0.3 is 5.97 Å². The first kappa shape index (κ1) is 30.7. The number of hydrogen-bond acceptors (Lipinski definition) is 7. The summed E-state index contributed by atoms with van der Waals surface area (Å²) in [5.74, 6) is -0.784. The maximum atomic E-state index is 13.7. The van der Waals surface area contributed by atoms with E-state index in [-0.39, 0.29) is 58.8 Å². The van der Waals surface area contributed by atoms with Crippen molar-refractivity contribution >= 4 is 14.3 Å². The average molecular weight is 587 g/mol. The molecule has 1 saturated carbocycles. The number of esters is 1. The van der Waals surface area contributed by atoms with Gasteiger partial charge in [-0.05, 0) is 44.0 Å². The van der Waals surface area contributed by atoms with E-state index in [0.717, 1.165) is 5.57 Å². The van der Waals surface area contributed by atoms with E-state index in [9.17, 15) is 9.90 Å². The van der Waals surface area contributed by atoms with E-state index in [4.69, 9.17) is 18.6 Å². The van der Waals surface area contributed by atoms with Crippen LogP contribution in [0.3, 0.4) is 0 Å². The van der Waals surface area contributed by atoms with Crippen molar-refractivity contribution < 1.29 is 28.5 Å². The quantitative estimate of drug-likeness (QED) is 0.284. The second-order valence-electron chi connectivity index (χ2n) is 14.5. The minimum atomic E-state index is -2.13. The van der Waals surface area contributed by atoms with E-state index in [1.807, 2.05) is 19.4 Å². The van der Waals surface area contributed by atoms with Gasteiger partial charge in [-0.3, -0.25) is 0 Å². The normalized spacial score (nSPS) is 43.1. The van der Waals surface area contributed by atoms with Crippen LogP contribution in [-0.4, -0.2) is 72.2 Å². The van der Waals surface area contributed by atoms with Crippen molar-refractivity contribution in [2.75, 3.05) is 7.11 Å². The van der Waals surface area contributed by atoms with Gasteiger partial charge in [-0.25, -0.2) is 9.78 Å². The first-order valence-corrected chi connectivity index (χ1v) is 18.2. The Morgan fingerprint density at radius 3 is 2.56 bits per heavy atom. The minimum Gasteiger partial charge on any atom is -0.457 e. The number of imidazole rings is 1. The molecule has 1 aromatic heterocycles. The first-order valence-electron chi connectivity index (χ1n) is 15.3. The first-order chi connectivity index (χ1) is 19.1. The zero-order valence-corrected chi connectivity index (χ0v) is 27.4. The second kappa shape index (κ2) is 10.7. The molecule has 2 aliphatic heterocycles. The molecule has 2 fully saturated rings. The highest BCUT2D eigenvalue weighted by Gasteiger charge is 2.68. The van der Waals surface area contributed by atoms with Crippen LogP contribution >= 0.6 is 0 Å². The molecule has 9 heteroatoms. The van der Waals surface area contributed by atoms with Gasteiger partial charge in [-0.15, -0.1) is 0 Å². The van der Waals surface area contributed by atoms with Gasteiger partial charge in [-0.2, -0.15) is 0 Å². The van der Waals surface area contributed by atoms with E-state index in [2.05, 4.69) is 82.4 Å². The molecular weight excluding hydrogens is 536 g/mol. The molecule has 41 heavy (non-hydrogen) atoms. The zero-order valence-electron chi connectivity index (χ0n) is 26.4. The molecule has 4 aliphatic rings. The molecule has 1 unspecified atom stereocenters. The number of aliphatic hydroxyl groups excluding tert-OH is 1. The Labute approximate surface area is 246 Å². The Bertz CT molecular complexity index is 1180. The van der Waals surface area contributed by atoms with E-state index in [1.165, 1.54) is 0 Å². The molecule has 8 nitrogen and oxygen atoms in total. The number of aromatic nitrogens is 2. The predicted octanol–water partition coefficient (Wildman–Crippen LogP) is 5.31. The molecule has 12 atom stereocenters. The maximum Gasteiger partial charge on any atom is 0.335 e. The van der Waals surface area contributed by atoms with Gasteiger partial charge in [-0.1, -0.05) is 52.8 Å². The highest BCUT2D eigenvalue weighted by Crippen LogP contribution is 2.62. The third-order valence-corrected chi connectivity index (χ3v) is 15.6. The fourth-order valence-electron chi connectivity index (χ4n) is 7.93. The lowest BCUT2D eigenvalue weighted by molar-refractivity contribution is -0.171. The van der Waals surface area contributed by atoms with E-state index in [1.54, 1.807) is 13.3 Å². The molecular formula is C32H50N2O6Si. The van der Waals surface area contributed by atoms with Crippen LogP contribution in [0.25, 0.3) is 0 Å². The highest BCUT2D eigenvalue weighted by molar-refractivity contribution is 6.74. The van der Waals surface area contributed by atoms with Crippen molar-refractivity contribution in [3.05, 3.63) is 42.5 Å². The molecule has 0 amide bonds. The lowest BCUT2D eigenvalue weighted by Gasteiger charge is -2.49. The van der Waals surface area contributed by atoms with Gasteiger partial charge in [0.15, 0.2) is 14.4 Å². The third kappa shape index (κ3) is 4.89. The smallest absolute Gasteiger partial charge is 0.335 e. The Morgan fingerprint density at radius 2 is 1.95 bits per heavy atom. The largest absolute Gasteiger partial charge is 0.457 e. The molecule has 3 heterocycles. The predicted molar refractivity (Wildman–Crippen MR) is 160 cm³/mol. The van der Waals surface area contributed by atoms with E-state index < -0.39 is 32.2 Å². The summed E-state index contributed by atoms with van der Waals surface area (Å²) in [6, 6.07) is -0.0499. The molecule has 1 spiro atoms. The number of carbonyl (C=O) groups excluding carboxylic acids is 1. The molecule has 1 aromatic rings. The number of methoxy groups -OCH3 is 1. The highest BCUT2D eigenvalue weighted by atomic mass is 28.4. The molecule has 0 aromatic carbocycles. The molecule has 1 saturated heterocycles. The Hall–Kier alpha value is -1.78. The molecule has 1 N–H and O–H groups in total. The number of aliphatic hydroxyl groups is 1. The van der Waals surface area contributed by atoms with Gasteiger partial charge < -0.3 is 28.3 Å². The molecule has 0 radical (unpaired) electrons. The standard InChI is InChI=1S/C32H50N2O6Si/c1-18-15-19(2)32-22(16-24(37-8)30(36)38-28(18)21(4)40-41(9,10)31(5,6)7)11-12-23-25(32)27(35)20(3)26(29(23)39-32)34-14-13-33-17-34/h11-15,17-18,20-29,35H,16H2,1-10H3/b19-15+/t18-,20+,21-,22-,23-,24+,25+,26?,27-,28+,29-,32+/m1/s1. The molecule has 228 valence electrons. The topological polar surface area (TPSA) is 92.0 Å². The lowest BCUT2D eigenvalue weighted by atomic mass is 9.57. The summed E-state index contributed by atoms with van der Waals surface area (Å²) in [5, 5.41) is 12.0. The monoisotopic (exact) mass is 586 g/mol. The van der Waals surface area contributed by atoms with Crippen molar-refractivity contribution in [1.82, 2.24) is 9.55 Å². The number of carbonyl (C=O) groups is 1. The summed E-state index contributed by atoms with van der Waals surface area (Å²) in [6.45, 7) is 19.4. The number of ether oxygens (including phenoxy) is 3. The van der Waals surface area contributed by atoms with Gasteiger partial charge in [0.2, 0.25) is 0 Å². The third-order valence-electron chi connectivity index (χ3n) is 11.1. The zero-order chi connectivity index (χ0) is 30.1. The minimum absolute atomic E-state index is 0.0225. The van der Waals surface area contributed by atoms with E-state index >= 15 is 0 Å². The van der Waals surface area contributed by atoms with Gasteiger partial charge in [0.1, 0.15) is 11.7 Å². The lowest BCUT2D eigenvalue weighted by Crippen LogP contribution is -2.56. The van der Waals surface area contributed by atoms with E-state index in [0.29, 0.717) is 6.42 Å². The molecule has 2 aliphatic carbocycles. The summed E-state index contributed by atoms with van der Waals surface area (Å²) in [6.07, 6.45) is 10.3. The van der Waals surface area contributed by atoms with Crippen LogP contribution in [-0.2, 0) is 23.4 Å². The maximum absolute atomic E-state index is 13.7. The number of hydrogen-bond donors (Lipinski definition) is 1. The number of rotatable bonds is 5. The second-order valence-corrected chi connectivity index (χ2v) is 19.2.